The molecule has 0 saturated carbocycles. The summed E-state index contributed by atoms with van der Waals surface area (Å²) in [5.41, 5.74) is 0.931. The van der Waals surface area contributed by atoms with Crippen molar-refractivity contribution in [3.63, 3.8) is 0 Å². The fourth-order valence-corrected chi connectivity index (χ4v) is 1.41. The van der Waals surface area contributed by atoms with Crippen LogP contribution in [0.4, 0.5) is 18.0 Å². The van der Waals surface area contributed by atoms with Crippen molar-refractivity contribution in [1.29, 1.82) is 0 Å². The van der Waals surface area contributed by atoms with E-state index in [4.69, 9.17) is 0 Å². The summed E-state index contributed by atoms with van der Waals surface area (Å²) in [5, 5.41) is 2.98. The average Bonchev–Trinajstić information content (AvgIpc) is 2.18. The summed E-state index contributed by atoms with van der Waals surface area (Å²) in [5.74, 6) is 0. The van der Waals surface area contributed by atoms with Crippen molar-refractivity contribution in [1.82, 2.24) is 10.6 Å². The summed E-state index contributed by atoms with van der Waals surface area (Å²) in [4.78, 5) is 10.8. The first kappa shape index (κ1) is 13.8. The van der Waals surface area contributed by atoms with Crippen LogP contribution in [0.1, 0.15) is 5.56 Å². The van der Waals surface area contributed by atoms with Gasteiger partial charge in [-0.1, -0.05) is 28.1 Å². The van der Waals surface area contributed by atoms with Gasteiger partial charge in [0.15, 0.2) is 0 Å². The summed E-state index contributed by atoms with van der Waals surface area (Å²) in [6.45, 7) is 0.142. The quantitative estimate of drug-likeness (QED) is 0.828. The molecule has 17 heavy (non-hydrogen) atoms. The second-order valence-electron chi connectivity index (χ2n) is 3.26. The molecule has 2 N–H and O–H groups in total. The van der Waals surface area contributed by atoms with Crippen molar-refractivity contribution >= 4 is 22.0 Å². The molecule has 0 aliphatic heterocycles. The highest BCUT2D eigenvalue weighted by Crippen LogP contribution is 2.11. The standard InChI is InChI=1S/C10H10BrF3N2O/c11-8-3-1-7(2-4-8)5-6-15-9(17)16-10(12,13)14/h1-4H,5-6H2,(H2,15,16,17). The molecule has 0 heterocycles. The zero-order valence-corrected chi connectivity index (χ0v) is 10.2. The topological polar surface area (TPSA) is 41.1 Å². The number of nitrogens with one attached hydrogen (secondary N) is 2. The van der Waals surface area contributed by atoms with E-state index in [1.165, 1.54) is 0 Å². The predicted octanol–water partition coefficient (Wildman–Crippen LogP) is 2.81. The smallest absolute Gasteiger partial charge is 0.338 e. The number of rotatable bonds is 3. The van der Waals surface area contributed by atoms with Crippen LogP contribution in [0.25, 0.3) is 0 Å². The highest BCUT2D eigenvalue weighted by atomic mass is 79.9. The monoisotopic (exact) mass is 310 g/mol. The van der Waals surface area contributed by atoms with Crippen LogP contribution in [0.5, 0.6) is 0 Å². The minimum atomic E-state index is -4.69. The van der Waals surface area contributed by atoms with Crippen LogP contribution < -0.4 is 10.6 Å². The number of hydrogen-bond donors (Lipinski definition) is 2. The third kappa shape index (κ3) is 6.15. The van der Waals surface area contributed by atoms with Gasteiger partial charge in [0.05, 0.1) is 0 Å². The second-order valence-corrected chi connectivity index (χ2v) is 4.17. The number of carbonyl (C=O) groups is 1. The molecule has 7 heteroatoms. The number of carbonyl (C=O) groups excluding carboxylic acids is 1. The SMILES string of the molecule is O=C(NCCc1ccc(Br)cc1)NC(F)(F)F. The maximum Gasteiger partial charge on any atom is 0.485 e. The van der Waals surface area contributed by atoms with Crippen LogP contribution in [0.15, 0.2) is 28.7 Å². The summed E-state index contributed by atoms with van der Waals surface area (Å²) in [7, 11) is 0. The molecule has 1 aromatic rings. The summed E-state index contributed by atoms with van der Waals surface area (Å²) in [6.07, 6.45) is -4.22. The zero-order valence-electron chi connectivity index (χ0n) is 8.64. The zero-order chi connectivity index (χ0) is 12.9. The Labute approximate surface area is 105 Å². The molecule has 0 saturated heterocycles. The normalized spacial score (nSPS) is 11.1. The predicted molar refractivity (Wildman–Crippen MR) is 60.4 cm³/mol. The van der Waals surface area contributed by atoms with E-state index in [0.717, 1.165) is 15.4 Å². The number of halogens is 4. The molecule has 0 atom stereocenters. The van der Waals surface area contributed by atoms with Gasteiger partial charge < -0.3 is 5.32 Å². The van der Waals surface area contributed by atoms with E-state index in [1.54, 1.807) is 0 Å². The van der Waals surface area contributed by atoms with Crippen molar-refractivity contribution in [3.8, 4) is 0 Å². The van der Waals surface area contributed by atoms with Gasteiger partial charge in [0.2, 0.25) is 0 Å². The van der Waals surface area contributed by atoms with Crippen LogP contribution in [0, 0.1) is 0 Å². The molecule has 3 nitrogen and oxygen atoms in total. The van der Waals surface area contributed by atoms with Crippen LogP contribution in [-0.2, 0) is 6.42 Å². The maximum absolute atomic E-state index is 11.7. The Kier molecular flexibility index (Phi) is 4.80. The number of benzene rings is 1. The molecule has 0 aliphatic rings. The summed E-state index contributed by atoms with van der Waals surface area (Å²) in [6, 6.07) is 6.06. The van der Waals surface area contributed by atoms with E-state index in [0.29, 0.717) is 6.42 Å². The molecule has 0 radical (unpaired) electrons. The van der Waals surface area contributed by atoms with Gasteiger partial charge >= 0.3 is 12.3 Å². The Balaban J connectivity index is 2.28. The van der Waals surface area contributed by atoms with Gasteiger partial charge in [-0.25, -0.2) is 10.1 Å². The lowest BCUT2D eigenvalue weighted by molar-refractivity contribution is -0.145. The molecular formula is C10H10BrF3N2O. The molecule has 0 spiro atoms. The fraction of sp³-hybridized carbons (Fsp3) is 0.300. The molecular weight excluding hydrogens is 301 g/mol. The molecule has 1 aromatic carbocycles. The largest absolute Gasteiger partial charge is 0.485 e. The lowest BCUT2D eigenvalue weighted by Gasteiger charge is -2.09. The summed E-state index contributed by atoms with van der Waals surface area (Å²) >= 11 is 3.27. The van der Waals surface area contributed by atoms with Crippen LogP contribution in [0.3, 0.4) is 0 Å². The van der Waals surface area contributed by atoms with E-state index < -0.39 is 12.3 Å². The Hall–Kier alpha value is -1.24. The Morgan fingerprint density at radius 1 is 1.24 bits per heavy atom. The van der Waals surface area contributed by atoms with E-state index in [-0.39, 0.29) is 6.54 Å². The van der Waals surface area contributed by atoms with Gasteiger partial charge in [-0.2, -0.15) is 13.2 Å². The highest BCUT2D eigenvalue weighted by molar-refractivity contribution is 9.10. The Bertz CT molecular complexity index is 378. The van der Waals surface area contributed by atoms with E-state index in [9.17, 15) is 18.0 Å². The van der Waals surface area contributed by atoms with Crippen LogP contribution in [0.2, 0.25) is 0 Å². The molecule has 0 unspecified atom stereocenters. The van der Waals surface area contributed by atoms with E-state index in [2.05, 4.69) is 21.2 Å². The number of urea groups is 1. The number of hydrogen-bond acceptors (Lipinski definition) is 1. The van der Waals surface area contributed by atoms with Crippen molar-refractivity contribution < 1.29 is 18.0 Å². The van der Waals surface area contributed by atoms with E-state index >= 15 is 0 Å². The lowest BCUT2D eigenvalue weighted by atomic mass is 10.1. The summed E-state index contributed by atoms with van der Waals surface area (Å²) < 4.78 is 36.1. The molecule has 0 aliphatic carbocycles. The number of amides is 2. The van der Waals surface area contributed by atoms with Crippen molar-refractivity contribution in [2.75, 3.05) is 6.54 Å². The highest BCUT2D eigenvalue weighted by Gasteiger charge is 2.29. The van der Waals surface area contributed by atoms with Gasteiger partial charge in [0, 0.05) is 11.0 Å². The first-order valence-electron chi connectivity index (χ1n) is 4.74. The van der Waals surface area contributed by atoms with Crippen molar-refractivity contribution in [2.45, 2.75) is 12.7 Å². The molecule has 0 fully saturated rings. The van der Waals surface area contributed by atoms with Gasteiger partial charge in [-0.15, -0.1) is 0 Å². The Morgan fingerprint density at radius 2 is 1.82 bits per heavy atom. The van der Waals surface area contributed by atoms with Gasteiger partial charge in [-0.3, -0.25) is 0 Å². The van der Waals surface area contributed by atoms with E-state index in [1.807, 2.05) is 24.3 Å². The first-order valence-corrected chi connectivity index (χ1v) is 5.53. The fourth-order valence-electron chi connectivity index (χ4n) is 1.14. The minimum absolute atomic E-state index is 0.142. The first-order chi connectivity index (χ1) is 7.87. The van der Waals surface area contributed by atoms with Gasteiger partial charge in [-0.05, 0) is 24.1 Å². The minimum Gasteiger partial charge on any atom is -0.338 e. The average molecular weight is 311 g/mol. The number of alkyl halides is 3. The van der Waals surface area contributed by atoms with Crippen molar-refractivity contribution in [2.24, 2.45) is 0 Å². The molecule has 0 bridgehead atoms. The molecule has 1 rings (SSSR count). The van der Waals surface area contributed by atoms with Crippen molar-refractivity contribution in [3.05, 3.63) is 34.3 Å². The third-order valence-corrected chi connectivity index (χ3v) is 2.40. The lowest BCUT2D eigenvalue weighted by Crippen LogP contribution is -2.44. The van der Waals surface area contributed by atoms with Crippen LogP contribution in [-0.4, -0.2) is 18.9 Å². The Morgan fingerprint density at radius 3 is 2.35 bits per heavy atom. The van der Waals surface area contributed by atoms with Crippen LogP contribution >= 0.6 is 15.9 Å². The van der Waals surface area contributed by atoms with Gasteiger partial charge in [0.1, 0.15) is 0 Å². The maximum atomic E-state index is 11.7. The van der Waals surface area contributed by atoms with Gasteiger partial charge in [0.25, 0.3) is 0 Å². The second kappa shape index (κ2) is 5.90. The molecule has 0 aromatic heterocycles. The molecule has 2 amide bonds. The molecule has 94 valence electrons. The third-order valence-electron chi connectivity index (χ3n) is 1.87.